The van der Waals surface area contributed by atoms with E-state index < -0.39 is 0 Å². The lowest BCUT2D eigenvalue weighted by molar-refractivity contribution is 0.150. The highest BCUT2D eigenvalue weighted by Crippen LogP contribution is 2.51. The van der Waals surface area contributed by atoms with E-state index in [1.165, 1.54) is 0 Å². The first-order valence-electron chi connectivity index (χ1n) is 4.88. The van der Waals surface area contributed by atoms with Crippen LogP contribution in [0.25, 0.3) is 0 Å². The van der Waals surface area contributed by atoms with E-state index in [2.05, 4.69) is 6.07 Å². The van der Waals surface area contributed by atoms with Crippen LogP contribution >= 0.6 is 0 Å². The van der Waals surface area contributed by atoms with Crippen molar-refractivity contribution in [3.63, 3.8) is 0 Å². The minimum atomic E-state index is -0.364. The van der Waals surface area contributed by atoms with Gasteiger partial charge in [0.1, 0.15) is 0 Å². The molecule has 1 aromatic carbocycles. The number of nitriles is 1. The lowest BCUT2D eigenvalue weighted by Gasteiger charge is -2.19. The van der Waals surface area contributed by atoms with Crippen LogP contribution in [-0.2, 0) is 5.41 Å². The van der Waals surface area contributed by atoms with Gasteiger partial charge < -0.3 is 5.11 Å². The fourth-order valence-corrected chi connectivity index (χ4v) is 2.06. The van der Waals surface area contributed by atoms with E-state index >= 15 is 0 Å². The summed E-state index contributed by atoms with van der Waals surface area (Å²) in [7, 11) is 0. The molecule has 2 heteroatoms. The van der Waals surface area contributed by atoms with Crippen molar-refractivity contribution in [1.29, 1.82) is 5.26 Å². The Morgan fingerprint density at radius 3 is 2.57 bits per heavy atom. The number of benzene rings is 1. The molecular weight excluding hydrogens is 174 g/mol. The van der Waals surface area contributed by atoms with E-state index in [1.807, 2.05) is 24.3 Å². The van der Waals surface area contributed by atoms with Gasteiger partial charge in [-0.05, 0) is 31.4 Å². The highest BCUT2D eigenvalue weighted by Gasteiger charge is 2.49. The minimum absolute atomic E-state index is 0.133. The molecule has 0 heterocycles. The molecule has 0 aromatic heterocycles. The fraction of sp³-hybridized carbons (Fsp3) is 0.417. The second-order valence-electron chi connectivity index (χ2n) is 3.99. The summed E-state index contributed by atoms with van der Waals surface area (Å²) in [6.07, 6.45) is 1.61. The summed E-state index contributed by atoms with van der Waals surface area (Å²) in [5.41, 5.74) is 1.58. The molecule has 0 aliphatic heterocycles. The van der Waals surface area contributed by atoms with E-state index in [0.29, 0.717) is 5.56 Å². The number of hydrogen-bond acceptors (Lipinski definition) is 2. The first-order chi connectivity index (χ1) is 6.70. The van der Waals surface area contributed by atoms with Crippen LogP contribution in [0, 0.1) is 11.3 Å². The Kier molecular flexibility index (Phi) is 2.05. The quantitative estimate of drug-likeness (QED) is 0.769. The number of nitrogens with zero attached hydrogens (tertiary/aromatic N) is 1. The van der Waals surface area contributed by atoms with E-state index in [-0.39, 0.29) is 11.5 Å². The Labute approximate surface area is 83.8 Å². The fourth-order valence-electron chi connectivity index (χ4n) is 2.06. The molecule has 0 spiro atoms. The first kappa shape index (κ1) is 9.23. The van der Waals surface area contributed by atoms with Crippen molar-refractivity contribution in [2.24, 2.45) is 0 Å². The molecule has 0 saturated heterocycles. The maximum Gasteiger partial charge on any atom is 0.0994 e. The Morgan fingerprint density at radius 2 is 2.07 bits per heavy atom. The van der Waals surface area contributed by atoms with Crippen LogP contribution in [0.5, 0.6) is 0 Å². The van der Waals surface area contributed by atoms with Crippen molar-refractivity contribution in [3.8, 4) is 6.07 Å². The smallest absolute Gasteiger partial charge is 0.0994 e. The van der Waals surface area contributed by atoms with Gasteiger partial charge >= 0.3 is 0 Å². The van der Waals surface area contributed by atoms with Gasteiger partial charge in [0.25, 0.3) is 0 Å². The maximum absolute atomic E-state index is 9.71. The molecule has 1 aliphatic carbocycles. The van der Waals surface area contributed by atoms with Crippen molar-refractivity contribution < 1.29 is 5.11 Å². The lowest BCUT2D eigenvalue weighted by Crippen LogP contribution is -2.23. The van der Waals surface area contributed by atoms with Crippen LogP contribution in [0.1, 0.15) is 30.9 Å². The number of rotatable bonds is 2. The van der Waals surface area contributed by atoms with Crippen LogP contribution in [0.3, 0.4) is 0 Å². The third-order valence-electron chi connectivity index (χ3n) is 3.17. The average Bonchev–Trinajstić information content (AvgIpc) is 2.98. The largest absolute Gasteiger partial charge is 0.392 e. The van der Waals surface area contributed by atoms with E-state index in [9.17, 15) is 5.11 Å². The molecule has 14 heavy (non-hydrogen) atoms. The summed E-state index contributed by atoms with van der Waals surface area (Å²) >= 11 is 0. The van der Waals surface area contributed by atoms with Crippen LogP contribution in [-0.4, -0.2) is 11.2 Å². The highest BCUT2D eigenvalue weighted by molar-refractivity contribution is 5.46. The summed E-state index contributed by atoms with van der Waals surface area (Å²) in [6.45, 7) is 1.81. The Morgan fingerprint density at radius 1 is 1.43 bits per heavy atom. The average molecular weight is 187 g/mol. The van der Waals surface area contributed by atoms with Crippen molar-refractivity contribution >= 4 is 0 Å². The molecule has 2 nitrogen and oxygen atoms in total. The molecular formula is C12H13NO. The molecule has 2 rings (SSSR count). The zero-order valence-corrected chi connectivity index (χ0v) is 8.20. The molecule has 1 saturated carbocycles. The van der Waals surface area contributed by atoms with Crippen LogP contribution in [0.4, 0.5) is 0 Å². The number of aliphatic hydroxyl groups is 1. The lowest BCUT2D eigenvalue weighted by atomic mass is 9.87. The molecule has 1 atom stereocenters. The summed E-state index contributed by atoms with van der Waals surface area (Å²) in [5, 5.41) is 18.7. The predicted octanol–water partition coefficient (Wildman–Crippen LogP) is 1.97. The van der Waals surface area contributed by atoms with Crippen molar-refractivity contribution in [1.82, 2.24) is 0 Å². The second kappa shape index (κ2) is 3.11. The second-order valence-corrected chi connectivity index (χ2v) is 3.99. The molecule has 0 radical (unpaired) electrons. The number of aliphatic hydroxyl groups excluding tert-OH is 1. The molecule has 0 bridgehead atoms. The minimum Gasteiger partial charge on any atom is -0.392 e. The van der Waals surface area contributed by atoms with Crippen molar-refractivity contribution in [3.05, 3.63) is 35.4 Å². The number of hydrogen-bond donors (Lipinski definition) is 1. The third kappa shape index (κ3) is 1.21. The molecule has 1 fully saturated rings. The summed E-state index contributed by atoms with van der Waals surface area (Å²) in [4.78, 5) is 0. The Bertz CT molecular complexity index is 386. The van der Waals surface area contributed by atoms with Gasteiger partial charge in [0, 0.05) is 5.41 Å². The summed E-state index contributed by atoms with van der Waals surface area (Å²) in [6, 6.07) is 9.75. The first-order valence-corrected chi connectivity index (χ1v) is 4.88. The zero-order valence-electron chi connectivity index (χ0n) is 8.20. The predicted molar refractivity (Wildman–Crippen MR) is 53.7 cm³/mol. The molecule has 0 amide bonds. The van der Waals surface area contributed by atoms with Gasteiger partial charge in [-0.15, -0.1) is 0 Å². The van der Waals surface area contributed by atoms with E-state index in [0.717, 1.165) is 18.4 Å². The standard InChI is InChI=1S/C12H13NO/c1-9(14)12(6-7-12)11-5-3-2-4-10(11)8-13/h2-5,9,14H,6-7H2,1H3. The summed E-state index contributed by atoms with van der Waals surface area (Å²) in [5.74, 6) is 0. The monoisotopic (exact) mass is 187 g/mol. The zero-order chi connectivity index (χ0) is 10.2. The van der Waals surface area contributed by atoms with E-state index in [1.54, 1.807) is 6.92 Å². The van der Waals surface area contributed by atoms with Gasteiger partial charge in [0.2, 0.25) is 0 Å². The molecule has 72 valence electrons. The van der Waals surface area contributed by atoms with Crippen molar-refractivity contribution in [2.45, 2.75) is 31.3 Å². The van der Waals surface area contributed by atoms with Gasteiger partial charge in [0.15, 0.2) is 0 Å². The van der Waals surface area contributed by atoms with Crippen molar-refractivity contribution in [2.75, 3.05) is 0 Å². The Hall–Kier alpha value is -1.33. The topological polar surface area (TPSA) is 44.0 Å². The third-order valence-corrected chi connectivity index (χ3v) is 3.17. The summed E-state index contributed by atoms with van der Waals surface area (Å²) < 4.78 is 0. The molecule has 1 aliphatic rings. The van der Waals surface area contributed by atoms with Gasteiger partial charge in [-0.3, -0.25) is 0 Å². The van der Waals surface area contributed by atoms with Crippen LogP contribution in [0.15, 0.2) is 24.3 Å². The normalized spacial score (nSPS) is 19.8. The van der Waals surface area contributed by atoms with E-state index in [4.69, 9.17) is 5.26 Å². The maximum atomic E-state index is 9.71. The highest BCUT2D eigenvalue weighted by atomic mass is 16.3. The van der Waals surface area contributed by atoms with Gasteiger partial charge in [-0.1, -0.05) is 18.2 Å². The molecule has 1 unspecified atom stereocenters. The van der Waals surface area contributed by atoms with Crippen LogP contribution in [0.2, 0.25) is 0 Å². The van der Waals surface area contributed by atoms with Gasteiger partial charge in [-0.25, -0.2) is 0 Å². The Balaban J connectivity index is 2.47. The SMILES string of the molecule is CC(O)C1(c2ccccc2C#N)CC1. The van der Waals surface area contributed by atoms with Gasteiger partial charge in [-0.2, -0.15) is 5.26 Å². The van der Waals surface area contributed by atoms with Gasteiger partial charge in [0.05, 0.1) is 17.7 Å². The molecule has 1 N–H and O–H groups in total. The molecule has 1 aromatic rings. The van der Waals surface area contributed by atoms with Crippen LogP contribution < -0.4 is 0 Å².